The average Bonchev–Trinajstić information content (AvgIpc) is 1.97. The van der Waals surface area contributed by atoms with Crippen molar-refractivity contribution >= 4 is 5.97 Å². The van der Waals surface area contributed by atoms with E-state index in [0.717, 1.165) is 0 Å². The van der Waals surface area contributed by atoms with Crippen LogP contribution in [0, 0.1) is 0 Å². The Kier molecular flexibility index (Phi) is 4.16. The second-order valence-electron chi connectivity index (χ2n) is 3.39. The minimum atomic E-state index is -1.03. The van der Waals surface area contributed by atoms with E-state index in [4.69, 9.17) is 10.8 Å². The van der Waals surface area contributed by atoms with Gasteiger partial charge >= 0.3 is 5.97 Å². The zero-order chi connectivity index (χ0) is 9.78. The summed E-state index contributed by atoms with van der Waals surface area (Å²) < 4.78 is 0. The number of aliphatic hydroxyl groups excluding tert-OH is 1. The SMILES string of the molecule is CC(C)(C)OOC(=O)[C@@H](N)CO. The molecule has 0 aliphatic heterocycles. The van der Waals surface area contributed by atoms with E-state index in [2.05, 4.69) is 9.78 Å². The Balaban J connectivity index is 3.72. The van der Waals surface area contributed by atoms with Gasteiger partial charge in [-0.3, -0.25) is 4.89 Å². The Labute approximate surface area is 71.4 Å². The van der Waals surface area contributed by atoms with Crippen LogP contribution in [-0.2, 0) is 14.6 Å². The predicted octanol–water partition coefficient (Wildman–Crippen LogP) is -0.421. The van der Waals surface area contributed by atoms with Gasteiger partial charge in [0.25, 0.3) is 0 Å². The highest BCUT2D eigenvalue weighted by molar-refractivity contribution is 5.74. The van der Waals surface area contributed by atoms with E-state index in [1.165, 1.54) is 0 Å². The number of carbonyl (C=O) groups excluding carboxylic acids is 1. The molecule has 0 saturated heterocycles. The third-order valence-corrected chi connectivity index (χ3v) is 0.873. The highest BCUT2D eigenvalue weighted by Crippen LogP contribution is 2.07. The number of rotatable bonds is 3. The molecule has 0 aliphatic carbocycles. The smallest absolute Gasteiger partial charge is 0.361 e. The van der Waals surface area contributed by atoms with E-state index in [0.29, 0.717) is 0 Å². The van der Waals surface area contributed by atoms with Crippen molar-refractivity contribution < 1.29 is 19.7 Å². The molecule has 0 aliphatic rings. The Morgan fingerprint density at radius 1 is 1.58 bits per heavy atom. The molecule has 0 heterocycles. The monoisotopic (exact) mass is 177 g/mol. The normalized spacial score (nSPS) is 14.1. The number of hydrogen-bond donors (Lipinski definition) is 2. The molecule has 5 nitrogen and oxygen atoms in total. The van der Waals surface area contributed by atoms with E-state index in [1.54, 1.807) is 20.8 Å². The van der Waals surface area contributed by atoms with Gasteiger partial charge in [0.05, 0.1) is 6.61 Å². The first-order valence-electron chi connectivity index (χ1n) is 3.63. The topological polar surface area (TPSA) is 81.8 Å². The number of hydrogen-bond acceptors (Lipinski definition) is 5. The number of aliphatic hydroxyl groups is 1. The summed E-state index contributed by atoms with van der Waals surface area (Å²) in [6, 6.07) is -1.03. The van der Waals surface area contributed by atoms with E-state index in [1.807, 2.05) is 0 Å². The molecule has 0 unspecified atom stereocenters. The minimum Gasteiger partial charge on any atom is -0.394 e. The van der Waals surface area contributed by atoms with Crippen molar-refractivity contribution in [3.63, 3.8) is 0 Å². The molecule has 0 amide bonds. The summed E-state index contributed by atoms with van der Waals surface area (Å²) in [7, 11) is 0. The van der Waals surface area contributed by atoms with Crippen molar-refractivity contribution in [2.75, 3.05) is 6.61 Å². The summed E-state index contributed by atoms with van der Waals surface area (Å²) >= 11 is 0. The Morgan fingerprint density at radius 3 is 2.42 bits per heavy atom. The van der Waals surface area contributed by atoms with Crippen LogP contribution in [0.25, 0.3) is 0 Å². The molecular formula is C7H15NO4. The first-order valence-corrected chi connectivity index (χ1v) is 3.63. The van der Waals surface area contributed by atoms with Gasteiger partial charge in [-0.05, 0) is 20.8 Å². The summed E-state index contributed by atoms with van der Waals surface area (Å²) in [5.41, 5.74) is 4.58. The molecule has 0 aromatic heterocycles. The molecule has 5 heteroatoms. The first-order chi connectivity index (χ1) is 5.37. The average molecular weight is 177 g/mol. The number of carbonyl (C=O) groups is 1. The van der Waals surface area contributed by atoms with Crippen LogP contribution in [0.1, 0.15) is 20.8 Å². The van der Waals surface area contributed by atoms with Crippen LogP contribution in [0.2, 0.25) is 0 Å². The predicted molar refractivity (Wildman–Crippen MR) is 42.0 cm³/mol. The van der Waals surface area contributed by atoms with Crippen LogP contribution in [0.15, 0.2) is 0 Å². The van der Waals surface area contributed by atoms with Gasteiger partial charge in [0, 0.05) is 0 Å². The van der Waals surface area contributed by atoms with Crippen LogP contribution < -0.4 is 5.73 Å². The van der Waals surface area contributed by atoms with Crippen molar-refractivity contribution in [3.05, 3.63) is 0 Å². The van der Waals surface area contributed by atoms with Crippen molar-refractivity contribution in [1.82, 2.24) is 0 Å². The third kappa shape index (κ3) is 5.06. The molecule has 0 aromatic rings. The van der Waals surface area contributed by atoms with Crippen molar-refractivity contribution in [3.8, 4) is 0 Å². The molecule has 0 aromatic carbocycles. The molecule has 12 heavy (non-hydrogen) atoms. The second-order valence-corrected chi connectivity index (χ2v) is 3.39. The Hall–Kier alpha value is -0.650. The van der Waals surface area contributed by atoms with Crippen LogP contribution in [0.4, 0.5) is 0 Å². The molecular weight excluding hydrogens is 162 g/mol. The maximum absolute atomic E-state index is 10.8. The zero-order valence-corrected chi connectivity index (χ0v) is 7.53. The van der Waals surface area contributed by atoms with E-state index >= 15 is 0 Å². The van der Waals surface area contributed by atoms with Gasteiger partial charge in [0.1, 0.15) is 11.6 Å². The largest absolute Gasteiger partial charge is 0.394 e. The molecule has 0 rings (SSSR count). The molecule has 72 valence electrons. The van der Waals surface area contributed by atoms with Crippen LogP contribution in [0.3, 0.4) is 0 Å². The van der Waals surface area contributed by atoms with Gasteiger partial charge in [0.15, 0.2) is 0 Å². The van der Waals surface area contributed by atoms with Gasteiger partial charge in [-0.1, -0.05) is 0 Å². The zero-order valence-electron chi connectivity index (χ0n) is 7.53. The second kappa shape index (κ2) is 4.39. The maximum atomic E-state index is 10.8. The molecule has 0 fully saturated rings. The standard InChI is InChI=1S/C7H15NO4/c1-7(2,3)12-11-6(10)5(8)4-9/h5,9H,4,8H2,1-3H3/t5-/m0/s1. The highest BCUT2D eigenvalue weighted by atomic mass is 17.2. The Morgan fingerprint density at radius 2 is 2.08 bits per heavy atom. The van der Waals surface area contributed by atoms with Gasteiger partial charge in [-0.15, -0.1) is 0 Å². The lowest BCUT2D eigenvalue weighted by Gasteiger charge is -2.17. The lowest BCUT2D eigenvalue weighted by atomic mass is 10.2. The van der Waals surface area contributed by atoms with E-state index in [9.17, 15) is 4.79 Å². The maximum Gasteiger partial charge on any atom is 0.361 e. The lowest BCUT2D eigenvalue weighted by Crippen LogP contribution is -2.37. The molecule has 1 atom stereocenters. The van der Waals surface area contributed by atoms with Gasteiger partial charge in [-0.2, -0.15) is 4.89 Å². The summed E-state index contributed by atoms with van der Waals surface area (Å²) in [5.74, 6) is -0.771. The summed E-state index contributed by atoms with van der Waals surface area (Å²) in [5, 5.41) is 8.45. The highest BCUT2D eigenvalue weighted by Gasteiger charge is 2.19. The summed E-state index contributed by atoms with van der Waals surface area (Å²) in [4.78, 5) is 19.8. The molecule has 3 N–H and O–H groups in total. The summed E-state index contributed by atoms with van der Waals surface area (Å²) in [6.45, 7) is 4.73. The van der Waals surface area contributed by atoms with E-state index < -0.39 is 24.2 Å². The molecule has 0 saturated carbocycles. The van der Waals surface area contributed by atoms with Crippen molar-refractivity contribution in [1.29, 1.82) is 0 Å². The minimum absolute atomic E-state index is 0.452. The van der Waals surface area contributed by atoms with Gasteiger partial charge < -0.3 is 10.8 Å². The fourth-order valence-electron chi connectivity index (χ4n) is 0.302. The van der Waals surface area contributed by atoms with Gasteiger partial charge in [-0.25, -0.2) is 4.79 Å². The first kappa shape index (κ1) is 11.4. The molecule has 0 spiro atoms. The quantitative estimate of drug-likeness (QED) is 0.452. The fraction of sp³-hybridized carbons (Fsp3) is 0.857. The fourth-order valence-corrected chi connectivity index (χ4v) is 0.302. The van der Waals surface area contributed by atoms with Crippen LogP contribution in [-0.4, -0.2) is 29.3 Å². The number of nitrogens with two attached hydrogens (primary N) is 1. The van der Waals surface area contributed by atoms with Crippen molar-refractivity contribution in [2.24, 2.45) is 5.73 Å². The summed E-state index contributed by atoms with van der Waals surface area (Å²) in [6.07, 6.45) is 0. The van der Waals surface area contributed by atoms with Gasteiger partial charge in [0.2, 0.25) is 0 Å². The Bertz CT molecular complexity index is 152. The van der Waals surface area contributed by atoms with Crippen LogP contribution >= 0.6 is 0 Å². The third-order valence-electron chi connectivity index (χ3n) is 0.873. The van der Waals surface area contributed by atoms with Crippen molar-refractivity contribution in [2.45, 2.75) is 32.4 Å². The molecule has 0 radical (unpaired) electrons. The lowest BCUT2D eigenvalue weighted by molar-refractivity contribution is -0.321. The van der Waals surface area contributed by atoms with E-state index in [-0.39, 0.29) is 0 Å². The van der Waals surface area contributed by atoms with Crippen LogP contribution in [0.5, 0.6) is 0 Å². The molecule has 0 bridgehead atoms.